The molecule has 0 atom stereocenters. The van der Waals surface area contributed by atoms with Gasteiger partial charge in [0.05, 0.1) is 0 Å². The van der Waals surface area contributed by atoms with Gasteiger partial charge in [-0.05, 0) is 0 Å². The average molecular weight is 89.0 g/mol. The second-order valence-electron chi connectivity index (χ2n) is 0.878. The van der Waals surface area contributed by atoms with Crippen molar-refractivity contribution in [2.75, 3.05) is 0 Å². The topological polar surface area (TPSA) is 14.0 Å². The number of allylic oxidation sites excluding steroid dienone is 1. The van der Waals surface area contributed by atoms with E-state index in [1.54, 1.807) is 0 Å². The van der Waals surface area contributed by atoms with Crippen LogP contribution in [0, 0.1) is 0 Å². The highest BCUT2D eigenvalue weighted by molar-refractivity contribution is 5.74. The Balaban J connectivity index is 2.71. The predicted molar refractivity (Wildman–Crippen MR) is 15.2 cm³/mol. The van der Waals surface area contributed by atoms with Crippen LogP contribution in [0.2, 0.25) is 0 Å². The molecule has 0 aromatic carbocycles. The number of nitrogens with one attached hydrogen (secondary N) is 1. The third-order valence-electron chi connectivity index (χ3n) is 0.475. The smallest absolute Gasteiger partial charge is 0.286 e. The maximum atomic E-state index is 11.2. The first kappa shape index (κ1) is 3.46. The van der Waals surface area contributed by atoms with Gasteiger partial charge in [0.25, 0.3) is 5.95 Å². The van der Waals surface area contributed by atoms with Crippen molar-refractivity contribution in [2.24, 2.45) is 0 Å². The lowest BCUT2D eigenvalue weighted by Crippen LogP contribution is -2.71. The molecule has 0 aromatic rings. The van der Waals surface area contributed by atoms with Crippen LogP contribution in [0.1, 0.15) is 0 Å². The molecule has 3 heteroatoms. The van der Waals surface area contributed by atoms with Gasteiger partial charge < -0.3 is 0 Å². The lowest BCUT2D eigenvalue weighted by molar-refractivity contribution is -0.434. The number of rotatable bonds is 0. The van der Waals surface area contributed by atoms with Gasteiger partial charge in [0.2, 0.25) is 0 Å². The van der Waals surface area contributed by atoms with Gasteiger partial charge in [0.15, 0.2) is 12.0 Å². The summed E-state index contributed by atoms with van der Waals surface area (Å²) >= 11 is 0. The molecule has 1 rings (SSSR count). The van der Waals surface area contributed by atoms with E-state index in [1.807, 2.05) is 11.2 Å². The van der Waals surface area contributed by atoms with Crippen LogP contribution in [0.5, 0.6) is 0 Å². The van der Waals surface area contributed by atoms with E-state index in [-0.39, 0.29) is 0 Å². The fourth-order valence-electron chi connectivity index (χ4n) is 0.157. The fourth-order valence-corrected chi connectivity index (χ4v) is 0.157. The predicted octanol–water partition coefficient (Wildman–Crippen LogP) is -0.863. The van der Waals surface area contributed by atoms with Crippen molar-refractivity contribution in [3.63, 3.8) is 0 Å². The molecule has 0 saturated heterocycles. The van der Waals surface area contributed by atoms with Gasteiger partial charge in [0, 0.05) is 0 Å². The largest absolute Gasteiger partial charge is 0.288 e. The number of halogens is 2. The first-order valence-corrected chi connectivity index (χ1v) is 1.38. The SMILES string of the molecule is FC1=C(F)[NH+]=[C-]1. The zero-order valence-electron chi connectivity index (χ0n) is 2.76. The van der Waals surface area contributed by atoms with Crippen molar-refractivity contribution >= 4 is 6.21 Å². The molecular formula is C3HF2N. The third kappa shape index (κ3) is 0.246. The van der Waals surface area contributed by atoms with E-state index in [9.17, 15) is 8.78 Å². The van der Waals surface area contributed by atoms with Gasteiger partial charge in [-0.25, -0.2) is 8.78 Å². The molecule has 0 saturated carbocycles. The summed E-state index contributed by atoms with van der Waals surface area (Å²) in [4.78, 5) is 1.85. The van der Waals surface area contributed by atoms with Crippen molar-refractivity contribution in [3.8, 4) is 0 Å². The summed E-state index contributed by atoms with van der Waals surface area (Å²) < 4.78 is 22.5. The molecule has 0 amide bonds. The Kier molecular flexibility index (Phi) is 0.498. The van der Waals surface area contributed by atoms with Crippen molar-refractivity contribution in [1.29, 1.82) is 0 Å². The Morgan fingerprint density at radius 2 is 2.00 bits per heavy atom. The van der Waals surface area contributed by atoms with Crippen molar-refractivity contribution in [3.05, 3.63) is 11.8 Å². The lowest BCUT2D eigenvalue weighted by Gasteiger charge is -1.93. The van der Waals surface area contributed by atoms with E-state index in [2.05, 4.69) is 0 Å². The minimum absolute atomic E-state index is 0.921. The number of hydrogen-bond acceptors (Lipinski definition) is 0. The van der Waals surface area contributed by atoms with Crippen LogP contribution >= 0.6 is 0 Å². The number of hydrogen-bond donors (Lipinski definition) is 1. The Hall–Kier alpha value is -0.730. The Bertz CT molecular complexity index is 111. The van der Waals surface area contributed by atoms with Crippen LogP contribution < -0.4 is 4.99 Å². The summed E-state index contributed by atoms with van der Waals surface area (Å²) in [7, 11) is 0. The Morgan fingerprint density at radius 3 is 2.00 bits per heavy atom. The lowest BCUT2D eigenvalue weighted by atomic mass is 10.5. The second-order valence-corrected chi connectivity index (χ2v) is 0.878. The van der Waals surface area contributed by atoms with Crippen LogP contribution in [-0.4, -0.2) is 6.21 Å². The third-order valence-corrected chi connectivity index (χ3v) is 0.475. The zero-order chi connectivity index (χ0) is 4.57. The molecule has 0 bridgehead atoms. The summed E-state index contributed by atoms with van der Waals surface area (Å²) in [5.74, 6) is -1.84. The Morgan fingerprint density at radius 1 is 1.50 bits per heavy atom. The molecule has 0 radical (unpaired) electrons. The van der Waals surface area contributed by atoms with Gasteiger partial charge in [-0.1, -0.05) is 0 Å². The molecule has 1 N–H and O–H groups in total. The highest BCUT2D eigenvalue weighted by atomic mass is 19.2. The molecule has 0 spiro atoms. The fraction of sp³-hybridized carbons (Fsp3) is 0. The quantitative estimate of drug-likeness (QED) is 0.293. The van der Waals surface area contributed by atoms with Gasteiger partial charge in [-0.15, -0.1) is 0 Å². The average Bonchev–Trinajstić information content (AvgIpc) is 1.61. The standard InChI is InChI=1S/C3HF2N/c4-2-1-6-3(2)5/h6H. The highest BCUT2D eigenvalue weighted by Crippen LogP contribution is 1.97. The van der Waals surface area contributed by atoms with E-state index in [4.69, 9.17) is 0 Å². The zero-order valence-corrected chi connectivity index (χ0v) is 2.76. The Labute approximate surface area is 33.0 Å². The second kappa shape index (κ2) is 0.864. The first-order valence-electron chi connectivity index (χ1n) is 1.38. The van der Waals surface area contributed by atoms with E-state index >= 15 is 0 Å². The summed E-state index contributed by atoms with van der Waals surface area (Å²) in [6, 6.07) is 0. The van der Waals surface area contributed by atoms with E-state index in [1.165, 1.54) is 0 Å². The van der Waals surface area contributed by atoms with Gasteiger partial charge in [-0.3, -0.25) is 4.99 Å². The molecule has 32 valence electrons. The summed E-state index contributed by atoms with van der Waals surface area (Å²) in [6.07, 6.45) is 1.85. The van der Waals surface area contributed by atoms with E-state index in [0.29, 0.717) is 0 Å². The summed E-state index contributed by atoms with van der Waals surface area (Å²) in [5.41, 5.74) is 0. The van der Waals surface area contributed by atoms with Crippen molar-refractivity contribution in [1.82, 2.24) is 0 Å². The monoisotopic (exact) mass is 89.0 g/mol. The molecule has 1 nitrogen and oxygen atoms in total. The van der Waals surface area contributed by atoms with E-state index < -0.39 is 11.8 Å². The summed E-state index contributed by atoms with van der Waals surface area (Å²) in [5, 5.41) is 0. The molecule has 1 aliphatic rings. The van der Waals surface area contributed by atoms with Gasteiger partial charge in [-0.2, -0.15) is 0 Å². The van der Waals surface area contributed by atoms with Gasteiger partial charge in [0.1, 0.15) is 0 Å². The van der Waals surface area contributed by atoms with Crippen LogP contribution in [0.15, 0.2) is 11.8 Å². The molecule has 1 aliphatic heterocycles. The molecular weight excluding hydrogens is 88.0 g/mol. The van der Waals surface area contributed by atoms with Crippen molar-refractivity contribution in [2.45, 2.75) is 0 Å². The maximum Gasteiger partial charge on any atom is 0.286 e. The maximum absolute atomic E-state index is 11.2. The molecule has 0 aliphatic carbocycles. The minimum Gasteiger partial charge on any atom is -0.288 e. The molecule has 0 unspecified atom stereocenters. The summed E-state index contributed by atoms with van der Waals surface area (Å²) in [6.45, 7) is 0. The van der Waals surface area contributed by atoms with E-state index in [0.717, 1.165) is 0 Å². The molecule has 1 heterocycles. The molecule has 0 aromatic heterocycles. The normalized spacial score (nSPS) is 18.3. The van der Waals surface area contributed by atoms with Gasteiger partial charge >= 0.3 is 0 Å². The molecule has 0 fully saturated rings. The minimum atomic E-state index is -0.921. The van der Waals surface area contributed by atoms with Crippen LogP contribution in [0.4, 0.5) is 8.78 Å². The van der Waals surface area contributed by atoms with Crippen LogP contribution in [0.3, 0.4) is 0 Å². The van der Waals surface area contributed by atoms with Crippen molar-refractivity contribution < 1.29 is 13.8 Å². The van der Waals surface area contributed by atoms with Crippen LogP contribution in [0.25, 0.3) is 0 Å². The van der Waals surface area contributed by atoms with Crippen LogP contribution in [-0.2, 0) is 0 Å². The first-order chi connectivity index (χ1) is 2.80. The molecule has 6 heavy (non-hydrogen) atoms. The highest BCUT2D eigenvalue weighted by Gasteiger charge is 2.08.